The molecule has 2 N–H and O–H groups in total. The van der Waals surface area contributed by atoms with Crippen LogP contribution in [-0.2, 0) is 0 Å². The van der Waals surface area contributed by atoms with Gasteiger partial charge in [0.15, 0.2) is 5.69 Å². The molecule has 6 nitrogen and oxygen atoms in total. The van der Waals surface area contributed by atoms with Crippen LogP contribution in [0.15, 0.2) is 16.1 Å². The summed E-state index contributed by atoms with van der Waals surface area (Å²) in [4.78, 5) is 18.7. The van der Waals surface area contributed by atoms with Crippen molar-refractivity contribution in [3.05, 3.63) is 28.0 Å². The highest BCUT2D eigenvalue weighted by atomic mass is 32.1. The van der Waals surface area contributed by atoms with E-state index in [0.29, 0.717) is 0 Å². The minimum absolute atomic E-state index is 0.0750. The number of aryl methyl sites for hydroxylation is 1. The molecule has 0 aromatic carbocycles. The molecule has 1 atom stereocenters. The summed E-state index contributed by atoms with van der Waals surface area (Å²) in [7, 11) is 0. The third-order valence-corrected chi connectivity index (χ3v) is 3.22. The second-order valence-electron chi connectivity index (χ2n) is 3.54. The highest BCUT2D eigenvalue weighted by Crippen LogP contribution is 2.21. The number of oxazole rings is 1. The summed E-state index contributed by atoms with van der Waals surface area (Å²) in [6, 6.07) is 0.108. The van der Waals surface area contributed by atoms with E-state index in [1.165, 1.54) is 11.3 Å². The maximum absolute atomic E-state index is 10.6. The van der Waals surface area contributed by atoms with E-state index in [4.69, 9.17) is 9.52 Å². The predicted molar refractivity (Wildman–Crippen MR) is 62.4 cm³/mol. The number of carbonyl (C=O) groups is 1. The number of carboxylic acid groups (broad SMARTS) is 1. The Labute approximate surface area is 101 Å². The average Bonchev–Trinajstić information content (AvgIpc) is 2.86. The minimum atomic E-state index is -1.11. The Morgan fingerprint density at radius 3 is 2.88 bits per heavy atom. The van der Waals surface area contributed by atoms with Gasteiger partial charge in [0.2, 0.25) is 0 Å². The van der Waals surface area contributed by atoms with Crippen molar-refractivity contribution in [1.82, 2.24) is 9.97 Å². The first-order valence-corrected chi connectivity index (χ1v) is 5.81. The van der Waals surface area contributed by atoms with Gasteiger partial charge in [0, 0.05) is 11.1 Å². The van der Waals surface area contributed by atoms with E-state index in [9.17, 15) is 4.79 Å². The molecule has 7 heteroatoms. The van der Waals surface area contributed by atoms with E-state index in [0.717, 1.165) is 17.0 Å². The molecule has 1 unspecified atom stereocenters. The highest BCUT2D eigenvalue weighted by Gasteiger charge is 2.14. The Hall–Kier alpha value is -1.89. The molecule has 0 radical (unpaired) electrons. The maximum atomic E-state index is 10.6. The second-order valence-corrected chi connectivity index (χ2v) is 4.43. The summed E-state index contributed by atoms with van der Waals surface area (Å²) in [5.41, 5.74) is 0.840. The van der Waals surface area contributed by atoms with Crippen LogP contribution in [0.2, 0.25) is 0 Å². The van der Waals surface area contributed by atoms with Crippen molar-refractivity contribution in [2.24, 2.45) is 0 Å². The van der Waals surface area contributed by atoms with E-state index < -0.39 is 5.97 Å². The molecule has 90 valence electrons. The Bertz CT molecular complexity index is 534. The minimum Gasteiger partial charge on any atom is -0.476 e. The van der Waals surface area contributed by atoms with Gasteiger partial charge in [-0.25, -0.2) is 9.78 Å². The molecule has 0 aliphatic rings. The van der Waals surface area contributed by atoms with Crippen LogP contribution in [0, 0.1) is 6.92 Å². The molecule has 0 aliphatic heterocycles. The van der Waals surface area contributed by atoms with Crippen LogP contribution in [0.3, 0.4) is 0 Å². The standard InChI is InChI=1S/C10H11N3O3S/c1-5-4-17-8(11-5)6(2)12-10-13-7(3-16-10)9(14)15/h3-4,6H,1-2H3,(H,12,13)(H,14,15). The Morgan fingerprint density at radius 1 is 1.59 bits per heavy atom. The molecule has 0 spiro atoms. The van der Waals surface area contributed by atoms with E-state index in [2.05, 4.69) is 15.3 Å². The number of thiazole rings is 1. The van der Waals surface area contributed by atoms with Crippen molar-refractivity contribution in [2.45, 2.75) is 19.9 Å². The van der Waals surface area contributed by atoms with Crippen LogP contribution in [0.5, 0.6) is 0 Å². The van der Waals surface area contributed by atoms with Crippen LogP contribution in [0.1, 0.15) is 34.2 Å². The summed E-state index contributed by atoms with van der Waals surface area (Å²) in [6.45, 7) is 3.82. The fraction of sp³-hybridized carbons (Fsp3) is 0.300. The molecular formula is C10H11N3O3S. The molecule has 2 aromatic rings. The lowest BCUT2D eigenvalue weighted by molar-refractivity contribution is 0.0690. The predicted octanol–water partition coefficient (Wildman–Crippen LogP) is 2.31. The molecular weight excluding hydrogens is 242 g/mol. The molecule has 0 saturated heterocycles. The summed E-state index contributed by atoms with van der Waals surface area (Å²) in [6.07, 6.45) is 1.10. The maximum Gasteiger partial charge on any atom is 0.357 e. The number of hydrogen-bond acceptors (Lipinski definition) is 6. The summed E-state index contributed by atoms with van der Waals surface area (Å²) >= 11 is 1.53. The zero-order chi connectivity index (χ0) is 12.4. The average molecular weight is 253 g/mol. The van der Waals surface area contributed by atoms with Crippen LogP contribution >= 0.6 is 11.3 Å². The van der Waals surface area contributed by atoms with Crippen molar-refractivity contribution in [2.75, 3.05) is 5.32 Å². The van der Waals surface area contributed by atoms with Gasteiger partial charge < -0.3 is 14.8 Å². The van der Waals surface area contributed by atoms with Gasteiger partial charge in [-0.3, -0.25) is 0 Å². The molecule has 0 bridgehead atoms. The first-order valence-electron chi connectivity index (χ1n) is 4.93. The quantitative estimate of drug-likeness (QED) is 0.869. The van der Waals surface area contributed by atoms with E-state index in [1.807, 2.05) is 19.2 Å². The Morgan fingerprint density at radius 2 is 2.35 bits per heavy atom. The smallest absolute Gasteiger partial charge is 0.357 e. The lowest BCUT2D eigenvalue weighted by Gasteiger charge is -2.07. The highest BCUT2D eigenvalue weighted by molar-refractivity contribution is 7.09. The van der Waals surface area contributed by atoms with Crippen LogP contribution in [-0.4, -0.2) is 21.0 Å². The third kappa shape index (κ3) is 2.62. The number of carboxylic acids is 1. The van der Waals surface area contributed by atoms with Gasteiger partial charge in [-0.2, -0.15) is 4.98 Å². The molecule has 0 fully saturated rings. The van der Waals surface area contributed by atoms with Crippen molar-refractivity contribution in [1.29, 1.82) is 0 Å². The van der Waals surface area contributed by atoms with E-state index in [-0.39, 0.29) is 17.8 Å². The van der Waals surface area contributed by atoms with Crippen molar-refractivity contribution >= 4 is 23.3 Å². The first-order chi connectivity index (χ1) is 8.06. The van der Waals surface area contributed by atoms with E-state index in [1.54, 1.807) is 0 Å². The molecule has 17 heavy (non-hydrogen) atoms. The van der Waals surface area contributed by atoms with Gasteiger partial charge in [-0.1, -0.05) is 0 Å². The zero-order valence-corrected chi connectivity index (χ0v) is 10.1. The zero-order valence-electron chi connectivity index (χ0n) is 9.30. The number of anilines is 1. The van der Waals surface area contributed by atoms with Crippen molar-refractivity contribution in [3.63, 3.8) is 0 Å². The van der Waals surface area contributed by atoms with E-state index >= 15 is 0 Å². The Kier molecular flexibility index (Phi) is 3.10. The van der Waals surface area contributed by atoms with Crippen LogP contribution < -0.4 is 5.32 Å². The molecule has 0 aliphatic carbocycles. The third-order valence-electron chi connectivity index (χ3n) is 2.07. The monoisotopic (exact) mass is 253 g/mol. The van der Waals surface area contributed by atoms with Gasteiger partial charge in [0.1, 0.15) is 11.3 Å². The molecule has 2 aromatic heterocycles. The van der Waals surface area contributed by atoms with Gasteiger partial charge >= 0.3 is 5.97 Å². The summed E-state index contributed by atoms with van der Waals surface area (Å²) in [5, 5.41) is 14.5. The molecule has 0 amide bonds. The number of nitrogens with zero attached hydrogens (tertiary/aromatic N) is 2. The van der Waals surface area contributed by atoms with Crippen molar-refractivity contribution < 1.29 is 14.3 Å². The lowest BCUT2D eigenvalue weighted by Crippen LogP contribution is -2.07. The van der Waals surface area contributed by atoms with Gasteiger partial charge in [-0.05, 0) is 13.8 Å². The van der Waals surface area contributed by atoms with Crippen molar-refractivity contribution in [3.8, 4) is 0 Å². The summed E-state index contributed by atoms with van der Waals surface area (Å²) in [5.74, 6) is -1.11. The summed E-state index contributed by atoms with van der Waals surface area (Å²) < 4.78 is 5.00. The molecule has 2 heterocycles. The van der Waals surface area contributed by atoms with Gasteiger partial charge in [-0.15, -0.1) is 11.3 Å². The number of aromatic nitrogens is 2. The molecule has 0 saturated carbocycles. The topological polar surface area (TPSA) is 88.2 Å². The lowest BCUT2D eigenvalue weighted by atomic mass is 10.3. The first kappa shape index (κ1) is 11.6. The largest absolute Gasteiger partial charge is 0.476 e. The number of aromatic carboxylic acids is 1. The Balaban J connectivity index is 2.07. The second kappa shape index (κ2) is 4.54. The fourth-order valence-corrected chi connectivity index (χ4v) is 2.06. The number of nitrogens with one attached hydrogen (secondary N) is 1. The number of hydrogen-bond donors (Lipinski definition) is 2. The fourth-order valence-electron chi connectivity index (χ4n) is 1.26. The van der Waals surface area contributed by atoms with Gasteiger partial charge in [0.25, 0.3) is 6.01 Å². The van der Waals surface area contributed by atoms with Crippen LogP contribution in [0.4, 0.5) is 6.01 Å². The normalized spacial score (nSPS) is 12.4. The number of rotatable bonds is 4. The molecule has 2 rings (SSSR count). The van der Waals surface area contributed by atoms with Gasteiger partial charge in [0.05, 0.1) is 6.04 Å². The van der Waals surface area contributed by atoms with Crippen LogP contribution in [0.25, 0.3) is 0 Å². The SMILES string of the molecule is Cc1csc(C(C)Nc2nc(C(=O)O)co2)n1.